The van der Waals surface area contributed by atoms with Gasteiger partial charge in [0.25, 0.3) is 5.56 Å². The summed E-state index contributed by atoms with van der Waals surface area (Å²) in [6, 6.07) is 0. The normalized spacial score (nSPS) is 28.2. The van der Waals surface area contributed by atoms with Crippen LogP contribution in [0, 0.1) is 0 Å². The van der Waals surface area contributed by atoms with E-state index in [0.717, 1.165) is 10.7 Å². The summed E-state index contributed by atoms with van der Waals surface area (Å²) >= 11 is 0. The summed E-state index contributed by atoms with van der Waals surface area (Å²) in [6.07, 6.45) is 3.48. The Morgan fingerprint density at radius 1 is 1.35 bits per heavy atom. The minimum Gasteiger partial charge on any atom is -0.388 e. The van der Waals surface area contributed by atoms with Crippen LogP contribution >= 0.6 is 6.89 Å². The topological polar surface area (TPSA) is 105 Å². The summed E-state index contributed by atoms with van der Waals surface area (Å²) in [4.78, 5) is 25.9. The van der Waals surface area contributed by atoms with Crippen LogP contribution < -0.4 is 11.2 Å². The minimum atomic E-state index is -1.27. The second kappa shape index (κ2) is 6.77. The number of rotatable bonds is 5. The Balaban J connectivity index is 2.26. The van der Waals surface area contributed by atoms with E-state index in [1.807, 2.05) is 0 Å². The summed E-state index contributed by atoms with van der Waals surface area (Å²) in [7, 11) is 0. The predicted octanol–water partition coefficient (Wildman–Crippen LogP) is -0.182. The second-order valence-corrected chi connectivity index (χ2v) is 11.0. The van der Waals surface area contributed by atoms with Crippen molar-refractivity contribution in [2.24, 2.45) is 0 Å². The van der Waals surface area contributed by atoms with Gasteiger partial charge in [0.1, 0.15) is 12.2 Å². The molecule has 2 heterocycles. The molecule has 1 aromatic heterocycles. The number of aliphatic hydroxyl groups is 2. The molecular formula is C15H25N2O5P. The predicted molar refractivity (Wildman–Crippen MR) is 92.0 cm³/mol. The number of hydrogen-bond donors (Lipinski definition) is 3. The van der Waals surface area contributed by atoms with Gasteiger partial charge >= 0.3 is 5.69 Å². The van der Waals surface area contributed by atoms with Crippen LogP contribution in [0.2, 0.25) is 0 Å². The first kappa shape index (κ1) is 18.2. The molecule has 1 unspecified atom stereocenters. The third-order valence-electron chi connectivity index (χ3n) is 4.05. The molecule has 23 heavy (non-hydrogen) atoms. The number of aromatic amines is 1. The van der Waals surface area contributed by atoms with E-state index in [9.17, 15) is 19.8 Å². The maximum absolute atomic E-state index is 12.0. The van der Waals surface area contributed by atoms with Gasteiger partial charge in [-0.25, -0.2) is 4.79 Å². The van der Waals surface area contributed by atoms with Crippen molar-refractivity contribution < 1.29 is 14.9 Å². The van der Waals surface area contributed by atoms with E-state index in [4.69, 9.17) is 4.74 Å². The molecule has 130 valence electrons. The van der Waals surface area contributed by atoms with E-state index < -0.39 is 42.7 Å². The summed E-state index contributed by atoms with van der Waals surface area (Å²) in [6.45, 7) is 4.69. The van der Waals surface area contributed by atoms with Crippen LogP contribution in [0.4, 0.5) is 0 Å². The first-order valence-corrected chi connectivity index (χ1v) is 10.7. The van der Waals surface area contributed by atoms with Crippen molar-refractivity contribution >= 4 is 13.2 Å². The molecule has 1 saturated heterocycles. The molecule has 2 rings (SSSR count). The molecule has 0 radical (unpaired) electrons. The lowest BCUT2D eigenvalue weighted by Gasteiger charge is -2.19. The van der Waals surface area contributed by atoms with Crippen molar-refractivity contribution in [3.63, 3.8) is 0 Å². The van der Waals surface area contributed by atoms with Gasteiger partial charge in [0, 0.05) is 11.8 Å². The summed E-state index contributed by atoms with van der Waals surface area (Å²) < 4.78 is 6.87. The Morgan fingerprint density at radius 2 is 2.00 bits per heavy atom. The van der Waals surface area contributed by atoms with Crippen LogP contribution in [0.15, 0.2) is 15.8 Å². The largest absolute Gasteiger partial charge is 0.388 e. The van der Waals surface area contributed by atoms with E-state index in [-0.39, 0.29) is 0 Å². The molecule has 4 atom stereocenters. The van der Waals surface area contributed by atoms with Gasteiger partial charge in [0.05, 0.1) is 6.10 Å². The van der Waals surface area contributed by atoms with Crippen molar-refractivity contribution in [2.45, 2.75) is 44.3 Å². The highest BCUT2D eigenvalue weighted by atomic mass is 31.2. The van der Waals surface area contributed by atoms with E-state index >= 15 is 0 Å². The number of H-pyrrole nitrogens is 1. The quantitative estimate of drug-likeness (QED) is 0.643. The van der Waals surface area contributed by atoms with Gasteiger partial charge in [-0.2, -0.15) is 0 Å². The number of hydrogen-bond acceptors (Lipinski definition) is 5. The molecule has 8 heteroatoms. The maximum atomic E-state index is 12.0. The molecule has 1 aliphatic heterocycles. The Hall–Kier alpha value is -1.14. The van der Waals surface area contributed by atoms with Gasteiger partial charge in [-0.15, -0.1) is 13.2 Å². The molecule has 1 fully saturated rings. The summed E-state index contributed by atoms with van der Waals surface area (Å²) in [5.41, 5.74) is -0.681. The third-order valence-corrected chi connectivity index (χ3v) is 5.52. The SMILES string of the molecule is C=P(C)(C)CCC1O[C@@H](n2cc(CC)c(=O)[nH]c2=O)[C@H](O)[C@@H]1O. The number of aryl methyl sites for hydroxylation is 1. The molecule has 0 spiro atoms. The van der Waals surface area contributed by atoms with Crippen LogP contribution in [-0.2, 0) is 11.2 Å². The Bertz CT molecular complexity index is 719. The highest BCUT2D eigenvalue weighted by molar-refractivity contribution is 7.72. The average molecular weight is 344 g/mol. The van der Waals surface area contributed by atoms with Gasteiger partial charge in [0.2, 0.25) is 0 Å². The zero-order valence-electron chi connectivity index (χ0n) is 13.7. The number of nitrogens with one attached hydrogen (secondary N) is 1. The van der Waals surface area contributed by atoms with Crippen LogP contribution in [-0.4, -0.2) is 63.9 Å². The highest BCUT2D eigenvalue weighted by Crippen LogP contribution is 2.39. The van der Waals surface area contributed by atoms with E-state index in [0.29, 0.717) is 18.4 Å². The maximum Gasteiger partial charge on any atom is 0.330 e. The number of aromatic nitrogens is 2. The molecule has 3 N–H and O–H groups in total. The van der Waals surface area contributed by atoms with Gasteiger partial charge in [-0.3, -0.25) is 14.3 Å². The third kappa shape index (κ3) is 4.04. The van der Waals surface area contributed by atoms with Crippen molar-refractivity contribution in [1.82, 2.24) is 9.55 Å². The summed E-state index contributed by atoms with van der Waals surface area (Å²) in [5.74, 6) is 0. The zero-order valence-corrected chi connectivity index (χ0v) is 14.6. The summed E-state index contributed by atoms with van der Waals surface area (Å²) in [5, 5.41) is 20.4. The second-order valence-electron chi connectivity index (χ2n) is 6.67. The first-order chi connectivity index (χ1) is 10.6. The monoisotopic (exact) mass is 344 g/mol. The fraction of sp³-hybridized carbons (Fsp3) is 0.667. The lowest BCUT2D eigenvalue weighted by atomic mass is 10.1. The smallest absolute Gasteiger partial charge is 0.330 e. The van der Waals surface area contributed by atoms with Crippen LogP contribution in [0.25, 0.3) is 0 Å². The standard InChI is InChI=1S/C15H25N2O5P/c1-5-9-8-17(15(21)16-13(9)20)14-12(19)11(18)10(22-14)6-7-23(2,3)4/h8,10-12,14,18-19H,2,5-7H2,1,3-4H3,(H,16,20,21)/t10?,11-,12-,14-/m1/s1. The molecule has 0 saturated carbocycles. The number of nitrogens with zero attached hydrogens (tertiary/aromatic N) is 1. The van der Waals surface area contributed by atoms with Gasteiger partial charge in [-0.05, 0) is 32.3 Å². The Kier molecular flexibility index (Phi) is 5.36. The first-order valence-electron chi connectivity index (χ1n) is 7.67. The van der Waals surface area contributed by atoms with Crippen molar-refractivity contribution in [3.8, 4) is 0 Å². The zero-order chi connectivity index (χ0) is 17.4. The van der Waals surface area contributed by atoms with Gasteiger partial charge < -0.3 is 14.9 Å². The Labute approximate surface area is 134 Å². The van der Waals surface area contributed by atoms with E-state index in [2.05, 4.69) is 24.6 Å². The molecule has 1 aliphatic rings. The van der Waals surface area contributed by atoms with E-state index in [1.165, 1.54) is 6.20 Å². The number of ether oxygens (including phenoxy) is 1. The highest BCUT2D eigenvalue weighted by Gasteiger charge is 2.43. The lowest BCUT2D eigenvalue weighted by molar-refractivity contribution is -0.0403. The van der Waals surface area contributed by atoms with Crippen molar-refractivity contribution in [3.05, 3.63) is 32.6 Å². The van der Waals surface area contributed by atoms with Crippen molar-refractivity contribution in [2.75, 3.05) is 19.5 Å². The van der Waals surface area contributed by atoms with Crippen LogP contribution in [0.3, 0.4) is 0 Å². The lowest BCUT2D eigenvalue weighted by Crippen LogP contribution is -2.38. The molecule has 0 bridgehead atoms. The van der Waals surface area contributed by atoms with Crippen LogP contribution in [0.5, 0.6) is 0 Å². The molecule has 7 nitrogen and oxygen atoms in total. The fourth-order valence-corrected chi connectivity index (χ4v) is 3.60. The molecule has 1 aromatic rings. The van der Waals surface area contributed by atoms with Crippen molar-refractivity contribution in [1.29, 1.82) is 0 Å². The molecular weight excluding hydrogens is 319 g/mol. The van der Waals surface area contributed by atoms with Gasteiger partial charge in [-0.1, -0.05) is 6.92 Å². The Morgan fingerprint density at radius 3 is 2.57 bits per heavy atom. The fourth-order valence-electron chi connectivity index (χ4n) is 2.64. The molecule has 0 aliphatic carbocycles. The van der Waals surface area contributed by atoms with Gasteiger partial charge in [0.15, 0.2) is 6.23 Å². The number of aliphatic hydroxyl groups excluding tert-OH is 2. The van der Waals surface area contributed by atoms with Crippen LogP contribution in [0.1, 0.15) is 25.1 Å². The minimum absolute atomic E-state index is 0.420. The van der Waals surface area contributed by atoms with E-state index in [1.54, 1.807) is 6.92 Å². The average Bonchev–Trinajstić information content (AvgIpc) is 2.73. The molecule has 0 aromatic carbocycles. The molecule has 0 amide bonds.